The molecule has 1 aromatic heterocycles. The van der Waals surface area contributed by atoms with Gasteiger partial charge in [0, 0.05) is 54.9 Å². The van der Waals surface area contributed by atoms with Gasteiger partial charge in [-0.2, -0.15) is 20.5 Å². The van der Waals surface area contributed by atoms with Crippen LogP contribution in [0.2, 0.25) is 0 Å². The number of piperazine rings is 1. The number of hydrogen-bond acceptors (Lipinski definition) is 9. The Morgan fingerprint density at radius 3 is 2.67 bits per heavy atom. The lowest BCUT2D eigenvalue weighted by molar-refractivity contribution is -0.128. The van der Waals surface area contributed by atoms with Crippen LogP contribution < -0.4 is 14.5 Å². The number of carbonyl (C=O) groups excluding carboxylic acids is 1. The van der Waals surface area contributed by atoms with E-state index in [1.807, 2.05) is 6.07 Å². The zero-order valence-electron chi connectivity index (χ0n) is 26.2. The van der Waals surface area contributed by atoms with Crippen LogP contribution in [-0.4, -0.2) is 84.1 Å². The Morgan fingerprint density at radius 2 is 1.89 bits per heavy atom. The number of hydrogen-bond donors (Lipinski definition) is 0. The molecule has 10 nitrogen and oxygen atoms in total. The third-order valence-electron chi connectivity index (χ3n) is 9.39. The third-order valence-corrected chi connectivity index (χ3v) is 9.39. The maximum Gasteiger partial charge on any atom is 0.318 e. The van der Waals surface area contributed by atoms with Crippen molar-refractivity contribution in [1.82, 2.24) is 19.8 Å². The molecule has 2 saturated heterocycles. The van der Waals surface area contributed by atoms with Gasteiger partial charge in [-0.3, -0.25) is 4.79 Å². The number of likely N-dealkylation sites (tertiary alicyclic amines) is 1. The number of anilines is 2. The Labute approximate surface area is 265 Å². The van der Waals surface area contributed by atoms with Crippen LogP contribution in [0, 0.1) is 29.6 Å². The molecule has 6 rings (SSSR count). The topological polar surface area (TPSA) is 113 Å². The average molecular weight is 605 g/mol. The second-order valence-electron chi connectivity index (χ2n) is 12.2. The number of benzene rings is 2. The molecule has 3 aromatic rings. The first-order chi connectivity index (χ1) is 22.0. The van der Waals surface area contributed by atoms with E-state index in [1.54, 1.807) is 11.0 Å². The summed E-state index contributed by atoms with van der Waals surface area (Å²) in [5.74, 6) is 0.680. The first-order valence-corrected chi connectivity index (χ1v) is 15.9. The largest absolute Gasteiger partial charge is 0.462 e. The van der Waals surface area contributed by atoms with Gasteiger partial charge in [-0.25, -0.2) is 0 Å². The van der Waals surface area contributed by atoms with Crippen molar-refractivity contribution in [3.05, 3.63) is 65.4 Å². The van der Waals surface area contributed by atoms with E-state index in [1.165, 1.54) is 28.1 Å². The molecule has 4 heterocycles. The van der Waals surface area contributed by atoms with E-state index < -0.39 is 0 Å². The Kier molecular flexibility index (Phi) is 9.13. The summed E-state index contributed by atoms with van der Waals surface area (Å²) in [6, 6.07) is 17.7. The molecule has 10 heteroatoms. The molecule has 0 radical (unpaired) electrons. The average Bonchev–Trinajstić information content (AvgIpc) is 3.47. The molecular weight excluding hydrogens is 564 g/mol. The van der Waals surface area contributed by atoms with E-state index in [2.05, 4.69) is 71.1 Å². The Bertz CT molecular complexity index is 1670. The maximum absolute atomic E-state index is 13.0. The molecular formula is C35H40N8O2. The lowest BCUT2D eigenvalue weighted by atomic mass is 9.99. The predicted octanol–water partition coefficient (Wildman–Crippen LogP) is 4.37. The van der Waals surface area contributed by atoms with Crippen LogP contribution in [0.15, 0.2) is 48.6 Å². The summed E-state index contributed by atoms with van der Waals surface area (Å²) in [7, 11) is 2.13. The summed E-state index contributed by atoms with van der Waals surface area (Å²) in [6.45, 7) is 6.78. The lowest BCUT2D eigenvalue weighted by Crippen LogP contribution is -2.55. The van der Waals surface area contributed by atoms with Gasteiger partial charge < -0.3 is 24.3 Å². The van der Waals surface area contributed by atoms with Crippen molar-refractivity contribution in [3.63, 3.8) is 0 Å². The molecule has 0 bridgehead atoms. The van der Waals surface area contributed by atoms with Crippen LogP contribution >= 0.6 is 0 Å². The molecule has 0 aliphatic carbocycles. The normalized spacial score (nSPS) is 20.3. The van der Waals surface area contributed by atoms with Gasteiger partial charge in [0.25, 0.3) is 0 Å². The molecule has 45 heavy (non-hydrogen) atoms. The lowest BCUT2D eigenvalue weighted by Gasteiger charge is -2.42. The fraction of sp³-hybridized carbons (Fsp3) is 0.457. The number of rotatable bonds is 8. The number of likely N-dealkylation sites (N-methyl/N-ethyl adjacent to an activating group) is 1. The van der Waals surface area contributed by atoms with E-state index in [4.69, 9.17) is 20.0 Å². The van der Waals surface area contributed by atoms with Gasteiger partial charge in [-0.05, 0) is 56.8 Å². The molecule has 0 spiro atoms. The smallest absolute Gasteiger partial charge is 0.318 e. The summed E-state index contributed by atoms with van der Waals surface area (Å²) < 4.78 is 6.32. The van der Waals surface area contributed by atoms with Gasteiger partial charge in [-0.15, -0.1) is 0 Å². The number of nitrogens with zero attached hydrogens (tertiary/aromatic N) is 8. The standard InChI is InChI=1S/C35H40N8O2/c1-25-8-5-9-26-10-6-12-31(33(25)26)41-19-15-29-30(23-41)38-35(45-24-28-11-7-18-40(28)2)39-34(29)42-20-21-43(27(22-42)14-17-37)32(44)13-3-4-16-36/h3,5-6,8-10,12-13,27-28H,4,7,11,14-15,18-24H2,1-2H3/b13-3+/t27-,28-/m0/s1. The fourth-order valence-electron chi connectivity index (χ4n) is 6.98. The van der Waals surface area contributed by atoms with Crippen LogP contribution in [0.4, 0.5) is 11.5 Å². The molecule has 0 N–H and O–H groups in total. The van der Waals surface area contributed by atoms with Crippen molar-refractivity contribution in [2.45, 2.75) is 57.7 Å². The minimum Gasteiger partial charge on any atom is -0.462 e. The van der Waals surface area contributed by atoms with Gasteiger partial charge >= 0.3 is 6.01 Å². The second kappa shape index (κ2) is 13.5. The quantitative estimate of drug-likeness (QED) is 0.346. The van der Waals surface area contributed by atoms with Gasteiger partial charge in [0.15, 0.2) is 0 Å². The van der Waals surface area contributed by atoms with Crippen molar-refractivity contribution >= 4 is 28.2 Å². The molecule has 1 amide bonds. The monoisotopic (exact) mass is 604 g/mol. The number of nitriles is 2. The molecule has 0 unspecified atom stereocenters. The Balaban J connectivity index is 1.31. The van der Waals surface area contributed by atoms with E-state index in [9.17, 15) is 10.1 Å². The van der Waals surface area contributed by atoms with E-state index in [0.29, 0.717) is 44.8 Å². The first kappa shape index (κ1) is 30.4. The summed E-state index contributed by atoms with van der Waals surface area (Å²) in [6.07, 6.45) is 6.45. The number of carbonyl (C=O) groups is 1. The van der Waals surface area contributed by atoms with Crippen LogP contribution in [0.1, 0.15) is 42.5 Å². The summed E-state index contributed by atoms with van der Waals surface area (Å²) in [4.78, 5) is 31.7. The summed E-state index contributed by atoms with van der Waals surface area (Å²) in [5.41, 5.74) is 4.52. The molecule has 3 aliphatic heterocycles. The minimum atomic E-state index is -0.288. The fourth-order valence-corrected chi connectivity index (χ4v) is 6.98. The van der Waals surface area contributed by atoms with Gasteiger partial charge in [0.2, 0.25) is 5.91 Å². The van der Waals surface area contributed by atoms with E-state index >= 15 is 0 Å². The number of aromatic nitrogens is 2. The van der Waals surface area contributed by atoms with Crippen LogP contribution in [0.25, 0.3) is 10.8 Å². The highest BCUT2D eigenvalue weighted by Gasteiger charge is 2.34. The Hall–Kier alpha value is -4.67. The molecule has 232 valence electrons. The molecule has 2 aromatic carbocycles. The number of amides is 1. The van der Waals surface area contributed by atoms with Crippen LogP contribution in [-0.2, 0) is 17.8 Å². The molecule has 2 atom stereocenters. The summed E-state index contributed by atoms with van der Waals surface area (Å²) >= 11 is 0. The van der Waals surface area contributed by atoms with E-state index in [-0.39, 0.29) is 24.8 Å². The number of aryl methyl sites for hydroxylation is 1. The van der Waals surface area contributed by atoms with Gasteiger partial charge in [0.1, 0.15) is 12.4 Å². The second-order valence-corrected chi connectivity index (χ2v) is 12.2. The third kappa shape index (κ3) is 6.43. The zero-order valence-corrected chi connectivity index (χ0v) is 26.2. The number of allylic oxidation sites excluding steroid dienone is 1. The molecule has 2 fully saturated rings. The zero-order chi connectivity index (χ0) is 31.3. The molecule has 3 aliphatic rings. The van der Waals surface area contributed by atoms with Crippen molar-refractivity contribution in [2.24, 2.45) is 0 Å². The highest BCUT2D eigenvalue weighted by molar-refractivity contribution is 5.97. The van der Waals surface area contributed by atoms with Crippen molar-refractivity contribution in [1.29, 1.82) is 10.5 Å². The summed E-state index contributed by atoms with van der Waals surface area (Å²) in [5, 5.41) is 21.0. The van der Waals surface area contributed by atoms with Crippen LogP contribution in [0.5, 0.6) is 6.01 Å². The van der Waals surface area contributed by atoms with Gasteiger partial charge in [0.05, 0.1) is 43.3 Å². The SMILES string of the molecule is Cc1cccc2cccc(N3CCc4c(nc(OC[C@@H]5CCCN5C)nc4N4CCN(C(=O)/C=C/CC#N)[C@@H](CC#N)C4)C3)c12. The van der Waals surface area contributed by atoms with Crippen molar-refractivity contribution in [3.8, 4) is 18.1 Å². The van der Waals surface area contributed by atoms with Gasteiger partial charge in [-0.1, -0.05) is 36.4 Å². The van der Waals surface area contributed by atoms with Crippen LogP contribution in [0.3, 0.4) is 0 Å². The molecule has 0 saturated carbocycles. The highest BCUT2D eigenvalue weighted by Crippen LogP contribution is 2.36. The predicted molar refractivity (Wildman–Crippen MR) is 174 cm³/mol. The highest BCUT2D eigenvalue weighted by atomic mass is 16.5. The maximum atomic E-state index is 13.0. The first-order valence-electron chi connectivity index (χ1n) is 15.9. The number of ether oxygens (including phenoxy) is 1. The number of fused-ring (bicyclic) bond motifs is 2. The van der Waals surface area contributed by atoms with Crippen molar-refractivity contribution in [2.75, 3.05) is 56.2 Å². The van der Waals surface area contributed by atoms with E-state index in [0.717, 1.165) is 49.4 Å². The van der Waals surface area contributed by atoms with Crippen molar-refractivity contribution < 1.29 is 9.53 Å². The minimum absolute atomic E-state index is 0.166. The Morgan fingerprint density at radius 1 is 1.04 bits per heavy atom.